The zero-order valence-corrected chi connectivity index (χ0v) is 11.8. The second-order valence-corrected chi connectivity index (χ2v) is 6.46. The van der Waals surface area contributed by atoms with E-state index in [4.69, 9.17) is 0 Å². The number of hydrogen-bond donors (Lipinski definition) is 1. The number of rotatable bonds is 2. The maximum atomic E-state index is 12.5. The molecule has 0 aromatic heterocycles. The van der Waals surface area contributed by atoms with Gasteiger partial charge in [0.25, 0.3) is 0 Å². The van der Waals surface area contributed by atoms with E-state index in [1.165, 1.54) is 32.1 Å². The SMILES string of the molecule is O=C(C1CCCCC1)N1C[C@@H](O)[C@H](N2CCCC2)C1. The van der Waals surface area contributed by atoms with Crippen LogP contribution in [0.2, 0.25) is 0 Å². The van der Waals surface area contributed by atoms with Gasteiger partial charge in [-0.1, -0.05) is 19.3 Å². The van der Waals surface area contributed by atoms with Crippen molar-refractivity contribution in [2.24, 2.45) is 5.92 Å². The van der Waals surface area contributed by atoms with Gasteiger partial charge in [-0.2, -0.15) is 0 Å². The van der Waals surface area contributed by atoms with E-state index in [1.54, 1.807) is 0 Å². The molecule has 2 saturated heterocycles. The van der Waals surface area contributed by atoms with E-state index >= 15 is 0 Å². The molecule has 4 nitrogen and oxygen atoms in total. The van der Waals surface area contributed by atoms with Gasteiger partial charge in [-0.3, -0.25) is 9.69 Å². The predicted molar refractivity (Wildman–Crippen MR) is 73.8 cm³/mol. The van der Waals surface area contributed by atoms with Crippen LogP contribution in [-0.2, 0) is 4.79 Å². The molecule has 0 unspecified atom stereocenters. The minimum absolute atomic E-state index is 0.190. The van der Waals surface area contributed by atoms with Crippen LogP contribution in [0.5, 0.6) is 0 Å². The summed E-state index contributed by atoms with van der Waals surface area (Å²) < 4.78 is 0. The smallest absolute Gasteiger partial charge is 0.225 e. The summed E-state index contributed by atoms with van der Waals surface area (Å²) in [4.78, 5) is 16.8. The van der Waals surface area contributed by atoms with Crippen molar-refractivity contribution in [2.75, 3.05) is 26.2 Å². The van der Waals surface area contributed by atoms with Crippen molar-refractivity contribution in [1.29, 1.82) is 0 Å². The normalized spacial score (nSPS) is 34.1. The number of amides is 1. The van der Waals surface area contributed by atoms with Gasteiger partial charge in [0.2, 0.25) is 5.91 Å². The zero-order chi connectivity index (χ0) is 13.2. The van der Waals surface area contributed by atoms with E-state index < -0.39 is 0 Å². The van der Waals surface area contributed by atoms with Gasteiger partial charge < -0.3 is 10.0 Å². The van der Waals surface area contributed by atoms with Crippen LogP contribution in [0.1, 0.15) is 44.9 Å². The number of β-amino-alcohol motifs (C(OH)–C–C–N with tert-alkyl or cyclic N) is 1. The Balaban J connectivity index is 1.58. The first-order valence-electron chi connectivity index (χ1n) is 7.96. The fourth-order valence-corrected chi connectivity index (χ4v) is 3.99. The number of carbonyl (C=O) groups excluding carboxylic acids is 1. The van der Waals surface area contributed by atoms with Crippen molar-refractivity contribution in [3.8, 4) is 0 Å². The van der Waals surface area contributed by atoms with Crippen LogP contribution in [-0.4, -0.2) is 59.1 Å². The molecule has 2 atom stereocenters. The van der Waals surface area contributed by atoms with Gasteiger partial charge in [0.05, 0.1) is 12.1 Å². The van der Waals surface area contributed by atoms with Crippen LogP contribution in [0, 0.1) is 5.92 Å². The third-order valence-corrected chi connectivity index (χ3v) is 5.13. The van der Waals surface area contributed by atoms with Crippen molar-refractivity contribution >= 4 is 5.91 Å². The lowest BCUT2D eigenvalue weighted by molar-refractivity contribution is -0.135. The molecule has 1 amide bonds. The van der Waals surface area contributed by atoms with Gasteiger partial charge in [0, 0.05) is 19.0 Å². The van der Waals surface area contributed by atoms with Crippen LogP contribution in [0.3, 0.4) is 0 Å². The summed E-state index contributed by atoms with van der Waals surface area (Å²) in [5, 5.41) is 10.2. The van der Waals surface area contributed by atoms with Crippen molar-refractivity contribution in [2.45, 2.75) is 57.1 Å². The molecule has 2 heterocycles. The lowest BCUT2D eigenvalue weighted by Crippen LogP contribution is -2.42. The Bertz CT molecular complexity index is 322. The highest BCUT2D eigenvalue weighted by molar-refractivity contribution is 5.79. The number of likely N-dealkylation sites (tertiary alicyclic amines) is 2. The number of nitrogens with zero attached hydrogens (tertiary/aromatic N) is 2. The van der Waals surface area contributed by atoms with Crippen LogP contribution in [0.15, 0.2) is 0 Å². The minimum atomic E-state index is -0.342. The standard InChI is InChI=1S/C15H26N2O2/c18-14-11-17(10-13(14)16-8-4-5-9-16)15(19)12-6-2-1-3-7-12/h12-14,18H,1-11H2/t13-,14-/m1/s1. The van der Waals surface area contributed by atoms with Crippen LogP contribution >= 0.6 is 0 Å². The molecule has 0 aromatic carbocycles. The fraction of sp³-hybridized carbons (Fsp3) is 0.933. The lowest BCUT2D eigenvalue weighted by Gasteiger charge is -2.27. The first kappa shape index (κ1) is 13.4. The molecule has 3 aliphatic rings. The van der Waals surface area contributed by atoms with Crippen molar-refractivity contribution in [3.63, 3.8) is 0 Å². The van der Waals surface area contributed by atoms with E-state index in [0.29, 0.717) is 12.5 Å². The number of aliphatic hydroxyl groups excluding tert-OH is 1. The Kier molecular flexibility index (Phi) is 4.08. The molecule has 0 aromatic rings. The molecular weight excluding hydrogens is 240 g/mol. The quantitative estimate of drug-likeness (QED) is 0.817. The van der Waals surface area contributed by atoms with Gasteiger partial charge >= 0.3 is 0 Å². The molecule has 1 aliphatic carbocycles. The number of carbonyl (C=O) groups is 1. The molecule has 3 fully saturated rings. The first-order chi connectivity index (χ1) is 9.25. The van der Waals surface area contributed by atoms with Crippen LogP contribution in [0.25, 0.3) is 0 Å². The third kappa shape index (κ3) is 2.79. The maximum absolute atomic E-state index is 12.5. The zero-order valence-electron chi connectivity index (χ0n) is 11.8. The fourth-order valence-electron chi connectivity index (χ4n) is 3.99. The van der Waals surface area contributed by atoms with Gasteiger partial charge in [-0.15, -0.1) is 0 Å². The molecule has 4 heteroatoms. The highest BCUT2D eigenvalue weighted by Crippen LogP contribution is 2.28. The average molecular weight is 266 g/mol. The summed E-state index contributed by atoms with van der Waals surface area (Å²) in [6.45, 7) is 3.48. The average Bonchev–Trinajstić information content (AvgIpc) is 3.08. The van der Waals surface area contributed by atoms with Crippen molar-refractivity contribution in [3.05, 3.63) is 0 Å². The van der Waals surface area contributed by atoms with Crippen LogP contribution in [0.4, 0.5) is 0 Å². The number of aliphatic hydroxyl groups is 1. The summed E-state index contributed by atoms with van der Waals surface area (Å²) in [5.41, 5.74) is 0. The lowest BCUT2D eigenvalue weighted by atomic mass is 9.88. The summed E-state index contributed by atoms with van der Waals surface area (Å²) in [6, 6.07) is 0.190. The summed E-state index contributed by atoms with van der Waals surface area (Å²) >= 11 is 0. The van der Waals surface area contributed by atoms with Gasteiger partial charge in [0.15, 0.2) is 0 Å². The third-order valence-electron chi connectivity index (χ3n) is 5.13. The molecule has 0 spiro atoms. The first-order valence-corrected chi connectivity index (χ1v) is 7.96. The highest BCUT2D eigenvalue weighted by Gasteiger charge is 2.40. The van der Waals surface area contributed by atoms with Crippen molar-refractivity contribution < 1.29 is 9.90 Å². The summed E-state index contributed by atoms with van der Waals surface area (Å²) in [7, 11) is 0. The van der Waals surface area contributed by atoms with Crippen LogP contribution < -0.4 is 0 Å². The predicted octanol–water partition coefficient (Wildman–Crippen LogP) is 1.23. The maximum Gasteiger partial charge on any atom is 0.225 e. The van der Waals surface area contributed by atoms with E-state index in [1.807, 2.05) is 4.90 Å². The minimum Gasteiger partial charge on any atom is -0.390 e. The molecule has 108 valence electrons. The second-order valence-electron chi connectivity index (χ2n) is 6.46. The summed E-state index contributed by atoms with van der Waals surface area (Å²) in [6.07, 6.45) is 7.91. The van der Waals surface area contributed by atoms with Gasteiger partial charge in [-0.05, 0) is 38.8 Å². The largest absolute Gasteiger partial charge is 0.390 e. The Hall–Kier alpha value is -0.610. The van der Waals surface area contributed by atoms with E-state index in [-0.39, 0.29) is 18.1 Å². The molecule has 2 aliphatic heterocycles. The van der Waals surface area contributed by atoms with Crippen molar-refractivity contribution in [1.82, 2.24) is 9.80 Å². The van der Waals surface area contributed by atoms with E-state index in [9.17, 15) is 9.90 Å². The molecule has 0 radical (unpaired) electrons. The Morgan fingerprint density at radius 3 is 2.32 bits per heavy atom. The molecule has 1 saturated carbocycles. The molecule has 19 heavy (non-hydrogen) atoms. The Labute approximate surface area is 115 Å². The van der Waals surface area contributed by atoms with E-state index in [2.05, 4.69) is 4.90 Å². The summed E-state index contributed by atoms with van der Waals surface area (Å²) in [5.74, 6) is 0.540. The molecule has 1 N–H and O–H groups in total. The van der Waals surface area contributed by atoms with Gasteiger partial charge in [0.1, 0.15) is 0 Å². The highest BCUT2D eigenvalue weighted by atomic mass is 16.3. The van der Waals surface area contributed by atoms with E-state index in [0.717, 1.165) is 32.5 Å². The molecular formula is C15H26N2O2. The second kappa shape index (κ2) is 5.80. The Morgan fingerprint density at radius 2 is 1.63 bits per heavy atom. The monoisotopic (exact) mass is 266 g/mol. The number of hydrogen-bond acceptors (Lipinski definition) is 3. The molecule has 3 rings (SSSR count). The van der Waals surface area contributed by atoms with Gasteiger partial charge in [-0.25, -0.2) is 0 Å². The molecule has 0 bridgehead atoms. The Morgan fingerprint density at radius 1 is 0.947 bits per heavy atom. The topological polar surface area (TPSA) is 43.8 Å².